The van der Waals surface area contributed by atoms with E-state index in [9.17, 15) is 4.79 Å². The van der Waals surface area contributed by atoms with Crippen molar-refractivity contribution >= 4 is 5.91 Å². The van der Waals surface area contributed by atoms with Gasteiger partial charge in [0.15, 0.2) is 0 Å². The minimum atomic E-state index is -0.000648. The van der Waals surface area contributed by atoms with Crippen molar-refractivity contribution < 1.29 is 4.79 Å². The summed E-state index contributed by atoms with van der Waals surface area (Å²) in [5, 5.41) is 6.09. The first kappa shape index (κ1) is 10.2. The van der Waals surface area contributed by atoms with Crippen molar-refractivity contribution in [2.24, 2.45) is 0 Å². The summed E-state index contributed by atoms with van der Waals surface area (Å²) in [7, 11) is 1.67. The van der Waals surface area contributed by atoms with Gasteiger partial charge in [0.25, 0.3) is 5.91 Å². The van der Waals surface area contributed by atoms with Crippen molar-refractivity contribution in [3.8, 4) is 0 Å². The van der Waals surface area contributed by atoms with Gasteiger partial charge in [0.1, 0.15) is 0 Å². The Kier molecular flexibility index (Phi) is 3.02. The van der Waals surface area contributed by atoms with E-state index in [1.165, 1.54) is 6.42 Å². The van der Waals surface area contributed by atoms with Crippen molar-refractivity contribution in [3.05, 3.63) is 35.4 Å². The SMILES string of the molecule is CNC(=O)c1ccccc1C1CCCN1. The minimum Gasteiger partial charge on any atom is -0.355 e. The highest BCUT2D eigenvalue weighted by atomic mass is 16.1. The molecule has 0 aromatic heterocycles. The van der Waals surface area contributed by atoms with Gasteiger partial charge in [0.2, 0.25) is 0 Å². The van der Waals surface area contributed by atoms with Crippen LogP contribution in [-0.2, 0) is 0 Å². The Bertz CT molecular complexity index is 356. The molecule has 15 heavy (non-hydrogen) atoms. The maximum Gasteiger partial charge on any atom is 0.251 e. The molecule has 1 amide bonds. The predicted molar refractivity (Wildman–Crippen MR) is 59.8 cm³/mol. The first-order valence-corrected chi connectivity index (χ1v) is 5.37. The normalized spacial score (nSPS) is 20.2. The molecule has 1 aromatic carbocycles. The van der Waals surface area contributed by atoms with E-state index in [1.54, 1.807) is 7.05 Å². The standard InChI is InChI=1S/C12H16N2O/c1-13-12(15)10-6-3-2-5-9(10)11-7-4-8-14-11/h2-3,5-6,11,14H,4,7-8H2,1H3,(H,13,15). The summed E-state index contributed by atoms with van der Waals surface area (Å²) in [4.78, 5) is 11.7. The maximum absolute atomic E-state index is 11.7. The third-order valence-corrected chi connectivity index (χ3v) is 2.87. The maximum atomic E-state index is 11.7. The van der Waals surface area contributed by atoms with E-state index < -0.39 is 0 Å². The third-order valence-electron chi connectivity index (χ3n) is 2.87. The molecule has 3 heteroatoms. The molecule has 1 atom stereocenters. The molecule has 1 unspecified atom stereocenters. The summed E-state index contributed by atoms with van der Waals surface area (Å²) >= 11 is 0. The van der Waals surface area contributed by atoms with Crippen LogP contribution in [0, 0.1) is 0 Å². The molecule has 80 valence electrons. The zero-order valence-corrected chi connectivity index (χ0v) is 8.92. The van der Waals surface area contributed by atoms with Crippen molar-refractivity contribution in [2.45, 2.75) is 18.9 Å². The van der Waals surface area contributed by atoms with E-state index in [4.69, 9.17) is 0 Å². The molecule has 1 heterocycles. The van der Waals surface area contributed by atoms with Gasteiger partial charge in [-0.05, 0) is 31.0 Å². The van der Waals surface area contributed by atoms with E-state index in [2.05, 4.69) is 10.6 Å². The van der Waals surface area contributed by atoms with E-state index >= 15 is 0 Å². The third kappa shape index (κ3) is 2.02. The Morgan fingerprint density at radius 3 is 2.93 bits per heavy atom. The monoisotopic (exact) mass is 204 g/mol. The Morgan fingerprint density at radius 2 is 2.27 bits per heavy atom. The summed E-state index contributed by atoms with van der Waals surface area (Å²) in [5.74, 6) is -0.000648. The minimum absolute atomic E-state index is 0.000648. The van der Waals surface area contributed by atoms with E-state index in [1.807, 2.05) is 24.3 Å². The summed E-state index contributed by atoms with van der Waals surface area (Å²) < 4.78 is 0. The van der Waals surface area contributed by atoms with Crippen LogP contribution in [0.5, 0.6) is 0 Å². The van der Waals surface area contributed by atoms with Crippen molar-refractivity contribution in [2.75, 3.05) is 13.6 Å². The van der Waals surface area contributed by atoms with Crippen LogP contribution in [0.3, 0.4) is 0 Å². The molecule has 3 nitrogen and oxygen atoms in total. The number of rotatable bonds is 2. The van der Waals surface area contributed by atoms with Crippen LogP contribution in [0.15, 0.2) is 24.3 Å². The summed E-state index contributed by atoms with van der Waals surface area (Å²) in [6, 6.07) is 8.16. The number of hydrogen-bond donors (Lipinski definition) is 2. The Morgan fingerprint density at radius 1 is 1.47 bits per heavy atom. The largest absolute Gasteiger partial charge is 0.355 e. The lowest BCUT2D eigenvalue weighted by atomic mass is 9.99. The lowest BCUT2D eigenvalue weighted by molar-refractivity contribution is 0.0961. The highest BCUT2D eigenvalue weighted by Crippen LogP contribution is 2.25. The fourth-order valence-electron chi connectivity index (χ4n) is 2.09. The van der Waals surface area contributed by atoms with Crippen LogP contribution >= 0.6 is 0 Å². The number of nitrogens with one attached hydrogen (secondary N) is 2. The van der Waals surface area contributed by atoms with Crippen LogP contribution in [0.25, 0.3) is 0 Å². The Hall–Kier alpha value is -1.35. The van der Waals surface area contributed by atoms with Gasteiger partial charge in [-0.15, -0.1) is 0 Å². The van der Waals surface area contributed by atoms with Gasteiger partial charge >= 0.3 is 0 Å². The number of carbonyl (C=O) groups excluding carboxylic acids is 1. The highest BCUT2D eigenvalue weighted by molar-refractivity contribution is 5.95. The van der Waals surface area contributed by atoms with Crippen LogP contribution in [0.4, 0.5) is 0 Å². The van der Waals surface area contributed by atoms with Crippen molar-refractivity contribution in [3.63, 3.8) is 0 Å². The zero-order chi connectivity index (χ0) is 10.7. The van der Waals surface area contributed by atoms with Gasteiger partial charge in [-0.25, -0.2) is 0 Å². The summed E-state index contributed by atoms with van der Waals surface area (Å²) in [6.07, 6.45) is 2.31. The number of amides is 1. The van der Waals surface area contributed by atoms with Crippen molar-refractivity contribution in [1.82, 2.24) is 10.6 Å². The van der Waals surface area contributed by atoms with Gasteiger partial charge < -0.3 is 10.6 Å². The van der Waals surface area contributed by atoms with Gasteiger partial charge in [-0.3, -0.25) is 4.79 Å². The predicted octanol–water partition coefficient (Wildman–Crippen LogP) is 1.47. The average Bonchev–Trinajstić information content (AvgIpc) is 2.81. The molecule has 0 saturated carbocycles. The molecule has 0 bridgehead atoms. The second-order valence-electron chi connectivity index (χ2n) is 3.82. The molecule has 0 spiro atoms. The highest BCUT2D eigenvalue weighted by Gasteiger charge is 2.20. The molecule has 1 saturated heterocycles. The first-order chi connectivity index (χ1) is 7.33. The molecule has 0 radical (unpaired) electrons. The topological polar surface area (TPSA) is 41.1 Å². The van der Waals surface area contributed by atoms with Gasteiger partial charge in [0, 0.05) is 18.7 Å². The van der Waals surface area contributed by atoms with E-state index in [0.717, 1.165) is 24.1 Å². The smallest absolute Gasteiger partial charge is 0.251 e. The van der Waals surface area contributed by atoms with Gasteiger partial charge in [-0.1, -0.05) is 18.2 Å². The Labute approximate surface area is 89.9 Å². The van der Waals surface area contributed by atoms with Gasteiger partial charge in [0.05, 0.1) is 0 Å². The fourth-order valence-corrected chi connectivity index (χ4v) is 2.09. The molecule has 1 aromatic rings. The molecule has 2 N–H and O–H groups in total. The summed E-state index contributed by atoms with van der Waals surface area (Å²) in [6.45, 7) is 1.05. The van der Waals surface area contributed by atoms with Crippen molar-refractivity contribution in [1.29, 1.82) is 0 Å². The number of carbonyl (C=O) groups is 1. The summed E-state index contributed by atoms with van der Waals surface area (Å²) in [5.41, 5.74) is 1.91. The van der Waals surface area contributed by atoms with Crippen LogP contribution in [0.1, 0.15) is 34.8 Å². The Balaban J connectivity index is 2.32. The molecular formula is C12H16N2O. The quantitative estimate of drug-likeness (QED) is 0.766. The molecule has 0 aliphatic carbocycles. The fraction of sp³-hybridized carbons (Fsp3) is 0.417. The van der Waals surface area contributed by atoms with E-state index in [0.29, 0.717) is 6.04 Å². The molecule has 1 fully saturated rings. The van der Waals surface area contributed by atoms with Gasteiger partial charge in [-0.2, -0.15) is 0 Å². The second kappa shape index (κ2) is 4.45. The zero-order valence-electron chi connectivity index (χ0n) is 8.92. The molecule has 2 rings (SSSR count). The molecule has 1 aliphatic rings. The first-order valence-electron chi connectivity index (χ1n) is 5.37. The second-order valence-corrected chi connectivity index (χ2v) is 3.82. The molecule has 1 aliphatic heterocycles. The van der Waals surface area contributed by atoms with Crippen LogP contribution in [-0.4, -0.2) is 19.5 Å². The van der Waals surface area contributed by atoms with Crippen LogP contribution < -0.4 is 10.6 Å². The lowest BCUT2D eigenvalue weighted by Gasteiger charge is -2.14. The molecular weight excluding hydrogens is 188 g/mol. The van der Waals surface area contributed by atoms with Crippen LogP contribution in [0.2, 0.25) is 0 Å². The number of benzene rings is 1. The van der Waals surface area contributed by atoms with E-state index in [-0.39, 0.29) is 5.91 Å². The lowest BCUT2D eigenvalue weighted by Crippen LogP contribution is -2.22. The number of hydrogen-bond acceptors (Lipinski definition) is 2. The average molecular weight is 204 g/mol.